The Bertz CT molecular complexity index is 761. The molecule has 3 aromatic rings. The Balaban J connectivity index is 2.07. The normalized spacial score (nSPS) is 10.9. The Labute approximate surface area is 122 Å². The molecule has 0 atom stereocenters. The summed E-state index contributed by atoms with van der Waals surface area (Å²) in [5.74, 6) is -0.447. The Morgan fingerprint density at radius 2 is 2.30 bits per heavy atom. The Morgan fingerprint density at radius 1 is 1.45 bits per heavy atom. The van der Waals surface area contributed by atoms with Gasteiger partial charge in [0.25, 0.3) is 0 Å². The molecule has 3 rings (SSSR count). The van der Waals surface area contributed by atoms with E-state index in [9.17, 15) is 4.79 Å². The van der Waals surface area contributed by atoms with E-state index in [4.69, 9.17) is 9.15 Å². The number of ether oxygens (including phenoxy) is 1. The zero-order valence-corrected chi connectivity index (χ0v) is 12.1. The quantitative estimate of drug-likeness (QED) is 0.543. The van der Waals surface area contributed by atoms with Crippen LogP contribution in [-0.2, 0) is 4.74 Å². The van der Waals surface area contributed by atoms with E-state index in [0.717, 1.165) is 15.9 Å². The maximum atomic E-state index is 11.8. The van der Waals surface area contributed by atoms with Gasteiger partial charge >= 0.3 is 5.97 Å². The molecule has 0 bridgehead atoms. The first-order valence-corrected chi connectivity index (χ1v) is 6.74. The predicted molar refractivity (Wildman–Crippen MR) is 74.3 cm³/mol. The second-order valence-corrected chi connectivity index (χ2v) is 4.80. The highest BCUT2D eigenvalue weighted by Gasteiger charge is 2.19. The van der Waals surface area contributed by atoms with Crippen LogP contribution in [0.15, 0.2) is 39.8 Å². The fourth-order valence-electron chi connectivity index (χ4n) is 1.85. The second-order valence-electron chi connectivity index (χ2n) is 3.99. The van der Waals surface area contributed by atoms with Crippen LogP contribution in [0.5, 0.6) is 0 Å². The third-order valence-corrected chi connectivity index (χ3v) is 3.22. The highest BCUT2D eigenvalue weighted by molar-refractivity contribution is 9.10. The minimum absolute atomic E-state index is 0.306. The van der Waals surface area contributed by atoms with E-state index in [2.05, 4.69) is 26.0 Å². The molecule has 0 aliphatic carbocycles. The van der Waals surface area contributed by atoms with E-state index < -0.39 is 5.97 Å². The number of hydrogen-bond donors (Lipinski definition) is 0. The average molecular weight is 336 g/mol. The lowest BCUT2D eigenvalue weighted by molar-refractivity contribution is 0.0527. The predicted octanol–water partition coefficient (Wildman–Crippen LogP) is 2.93. The van der Waals surface area contributed by atoms with Crippen LogP contribution in [0.2, 0.25) is 0 Å². The van der Waals surface area contributed by atoms with E-state index >= 15 is 0 Å². The monoisotopic (exact) mass is 335 g/mol. The molecular weight excluding hydrogens is 326 g/mol. The maximum Gasteiger partial charge on any atom is 0.345 e. The molecule has 0 radical (unpaired) electrons. The van der Waals surface area contributed by atoms with Gasteiger partial charge in [0.1, 0.15) is 22.1 Å². The number of oxazole rings is 1. The lowest BCUT2D eigenvalue weighted by atomic mass is 10.2. The zero-order chi connectivity index (χ0) is 14.1. The van der Waals surface area contributed by atoms with Crippen LogP contribution in [0.1, 0.15) is 17.3 Å². The van der Waals surface area contributed by atoms with E-state index in [1.165, 1.54) is 12.5 Å². The number of halogens is 1. The number of carbonyl (C=O) groups excluding carboxylic acids is 1. The molecule has 3 heterocycles. The van der Waals surface area contributed by atoms with Crippen molar-refractivity contribution in [3.63, 3.8) is 0 Å². The van der Waals surface area contributed by atoms with Crippen molar-refractivity contribution >= 4 is 27.6 Å². The van der Waals surface area contributed by atoms with Gasteiger partial charge in [0.05, 0.1) is 12.8 Å². The first-order chi connectivity index (χ1) is 9.70. The van der Waals surface area contributed by atoms with Crippen molar-refractivity contribution in [2.24, 2.45) is 0 Å². The zero-order valence-electron chi connectivity index (χ0n) is 10.5. The van der Waals surface area contributed by atoms with Gasteiger partial charge in [0.2, 0.25) is 5.71 Å². The highest BCUT2D eigenvalue weighted by Crippen LogP contribution is 2.24. The molecule has 0 fully saturated rings. The first-order valence-electron chi connectivity index (χ1n) is 5.95. The van der Waals surface area contributed by atoms with Crippen molar-refractivity contribution in [1.29, 1.82) is 0 Å². The minimum Gasteiger partial charge on any atom is -0.462 e. The summed E-state index contributed by atoms with van der Waals surface area (Å²) in [6.07, 6.45) is 4.67. The fraction of sp³-hybridized carbons (Fsp3) is 0.154. The summed E-state index contributed by atoms with van der Waals surface area (Å²) in [6, 6.07) is 3.71. The van der Waals surface area contributed by atoms with Crippen LogP contribution in [0.4, 0.5) is 0 Å². The summed E-state index contributed by atoms with van der Waals surface area (Å²) in [4.78, 5) is 15.9. The summed E-state index contributed by atoms with van der Waals surface area (Å²) >= 11 is 3.28. The fourth-order valence-corrected chi connectivity index (χ4v) is 2.08. The van der Waals surface area contributed by atoms with Crippen LogP contribution < -0.4 is 0 Å². The Hall–Kier alpha value is -2.15. The van der Waals surface area contributed by atoms with Crippen molar-refractivity contribution in [2.75, 3.05) is 6.61 Å². The number of nitrogens with zero attached hydrogens (tertiary/aromatic N) is 3. The molecule has 0 amide bonds. The van der Waals surface area contributed by atoms with Gasteiger partial charge in [-0.25, -0.2) is 9.78 Å². The first kappa shape index (κ1) is 12.9. The van der Waals surface area contributed by atoms with Crippen molar-refractivity contribution in [3.8, 4) is 11.3 Å². The summed E-state index contributed by atoms with van der Waals surface area (Å²) in [7, 11) is 0. The number of fused-ring (bicyclic) bond motifs is 1. The third-order valence-electron chi connectivity index (χ3n) is 2.75. The molecule has 102 valence electrons. The number of aromatic nitrogens is 3. The van der Waals surface area contributed by atoms with Crippen LogP contribution in [0.25, 0.3) is 17.0 Å². The standard InChI is InChI=1S/C13H10BrN3O3/c1-2-19-13(18)9-6-16-17-10(7-20-12(9)17)8-3-4-11(14)15-5-8/h3-7H,2H2,1H3. The number of carbonyl (C=O) groups is 1. The lowest BCUT2D eigenvalue weighted by Crippen LogP contribution is -2.03. The molecule has 0 N–H and O–H groups in total. The van der Waals surface area contributed by atoms with Gasteiger partial charge in [-0.15, -0.1) is 0 Å². The highest BCUT2D eigenvalue weighted by atomic mass is 79.9. The third kappa shape index (κ3) is 2.09. The molecule has 0 saturated heterocycles. The van der Waals surface area contributed by atoms with Crippen LogP contribution in [0.3, 0.4) is 0 Å². The van der Waals surface area contributed by atoms with Gasteiger partial charge in [-0.1, -0.05) is 0 Å². The molecule has 20 heavy (non-hydrogen) atoms. The number of hydrogen-bond acceptors (Lipinski definition) is 5. The van der Waals surface area contributed by atoms with E-state index in [0.29, 0.717) is 17.9 Å². The molecular formula is C13H10BrN3O3. The molecule has 0 unspecified atom stereocenters. The van der Waals surface area contributed by atoms with Crippen LogP contribution in [0, 0.1) is 0 Å². The SMILES string of the molecule is CCOC(=O)c1cnn2c(-c3ccc(Br)nc3)coc12. The minimum atomic E-state index is -0.447. The smallest absolute Gasteiger partial charge is 0.345 e. The van der Waals surface area contributed by atoms with Crippen molar-refractivity contribution in [3.05, 3.63) is 41.0 Å². The summed E-state index contributed by atoms with van der Waals surface area (Å²) in [6.45, 7) is 2.06. The van der Waals surface area contributed by atoms with Gasteiger partial charge in [0.15, 0.2) is 0 Å². The molecule has 0 spiro atoms. The summed E-state index contributed by atoms with van der Waals surface area (Å²) in [5, 5.41) is 4.16. The Kier molecular flexibility index (Phi) is 3.27. The van der Waals surface area contributed by atoms with Gasteiger partial charge in [-0.05, 0) is 35.0 Å². The van der Waals surface area contributed by atoms with E-state index in [1.807, 2.05) is 12.1 Å². The number of pyridine rings is 1. The molecule has 3 aromatic heterocycles. The number of esters is 1. The van der Waals surface area contributed by atoms with Crippen molar-refractivity contribution in [2.45, 2.75) is 6.92 Å². The summed E-state index contributed by atoms with van der Waals surface area (Å²) in [5.41, 5.74) is 2.23. The van der Waals surface area contributed by atoms with Crippen molar-refractivity contribution in [1.82, 2.24) is 14.6 Å². The Morgan fingerprint density at radius 3 is 3.00 bits per heavy atom. The van der Waals surface area contributed by atoms with E-state index in [-0.39, 0.29) is 0 Å². The molecule has 7 heteroatoms. The van der Waals surface area contributed by atoms with Crippen LogP contribution >= 0.6 is 15.9 Å². The molecule has 0 aliphatic heterocycles. The van der Waals surface area contributed by atoms with Gasteiger partial charge in [0, 0.05) is 11.8 Å². The second kappa shape index (κ2) is 5.09. The molecule has 6 nitrogen and oxygen atoms in total. The molecule has 0 aliphatic rings. The molecule has 0 saturated carbocycles. The van der Waals surface area contributed by atoms with Crippen molar-refractivity contribution < 1.29 is 13.9 Å². The van der Waals surface area contributed by atoms with Gasteiger partial charge < -0.3 is 9.15 Å². The van der Waals surface area contributed by atoms with E-state index in [1.54, 1.807) is 17.6 Å². The average Bonchev–Trinajstić information content (AvgIpc) is 3.01. The topological polar surface area (TPSA) is 69.6 Å². The maximum absolute atomic E-state index is 11.8. The lowest BCUT2D eigenvalue weighted by Gasteiger charge is -1.97. The van der Waals surface area contributed by atoms with Crippen LogP contribution in [-0.4, -0.2) is 27.2 Å². The largest absolute Gasteiger partial charge is 0.462 e. The molecule has 0 aromatic carbocycles. The number of rotatable bonds is 3. The summed E-state index contributed by atoms with van der Waals surface area (Å²) < 4.78 is 12.7. The van der Waals surface area contributed by atoms with Gasteiger partial charge in [-0.3, -0.25) is 0 Å². The van der Waals surface area contributed by atoms with Gasteiger partial charge in [-0.2, -0.15) is 9.61 Å².